The third-order valence-electron chi connectivity index (χ3n) is 3.79. The number of halogens is 1. The van der Waals surface area contributed by atoms with Crippen LogP contribution in [0, 0.1) is 5.82 Å². The average Bonchev–Trinajstić information content (AvgIpc) is 2.47. The monoisotopic (exact) mass is 305 g/mol. The standard InChI is InChI=1S/C16H16FNO2S/c17-14-9-3-4-11-16(14)21(19,20)18-15-10-5-7-12-6-1-2-8-13(12)15/h1-4,6,8-9,11,15,18H,5,7,10H2/t15-/m0/s1. The van der Waals surface area contributed by atoms with Crippen LogP contribution < -0.4 is 4.72 Å². The van der Waals surface area contributed by atoms with Gasteiger partial charge in [-0.25, -0.2) is 17.5 Å². The minimum atomic E-state index is -3.86. The smallest absolute Gasteiger partial charge is 0.207 e. The number of fused-ring (bicyclic) bond motifs is 1. The molecule has 0 bridgehead atoms. The molecular weight excluding hydrogens is 289 g/mol. The fourth-order valence-corrected chi connectivity index (χ4v) is 4.12. The second-order valence-corrected chi connectivity index (χ2v) is 6.88. The van der Waals surface area contributed by atoms with Crippen molar-refractivity contribution in [2.24, 2.45) is 0 Å². The Morgan fingerprint density at radius 3 is 2.57 bits per heavy atom. The Morgan fingerprint density at radius 1 is 1.05 bits per heavy atom. The van der Waals surface area contributed by atoms with E-state index in [1.54, 1.807) is 0 Å². The molecule has 0 aromatic heterocycles. The van der Waals surface area contributed by atoms with Crippen molar-refractivity contribution in [1.82, 2.24) is 4.72 Å². The molecule has 2 aromatic carbocycles. The Bertz CT molecular complexity index is 758. The SMILES string of the molecule is O=S(=O)(N[C@H]1CCCc2ccccc21)c1ccccc1F. The predicted octanol–water partition coefficient (Wildman–Crippen LogP) is 3.18. The minimum absolute atomic E-state index is 0.292. The lowest BCUT2D eigenvalue weighted by Crippen LogP contribution is -2.31. The first-order chi connectivity index (χ1) is 10.1. The summed E-state index contributed by atoms with van der Waals surface area (Å²) in [4.78, 5) is -0.298. The molecule has 1 aliphatic carbocycles. The van der Waals surface area contributed by atoms with Crippen molar-refractivity contribution in [1.29, 1.82) is 0 Å². The van der Waals surface area contributed by atoms with Crippen molar-refractivity contribution >= 4 is 10.0 Å². The molecule has 110 valence electrons. The van der Waals surface area contributed by atoms with Gasteiger partial charge < -0.3 is 0 Å². The summed E-state index contributed by atoms with van der Waals surface area (Å²) < 4.78 is 41.1. The molecule has 3 nitrogen and oxygen atoms in total. The van der Waals surface area contributed by atoms with Gasteiger partial charge in [0.2, 0.25) is 10.0 Å². The van der Waals surface area contributed by atoms with Crippen LogP contribution in [-0.4, -0.2) is 8.42 Å². The molecule has 0 unspecified atom stereocenters. The molecule has 0 radical (unpaired) electrons. The summed E-state index contributed by atoms with van der Waals surface area (Å²) >= 11 is 0. The molecule has 0 saturated heterocycles. The van der Waals surface area contributed by atoms with E-state index in [2.05, 4.69) is 4.72 Å². The van der Waals surface area contributed by atoms with Crippen LogP contribution in [0.5, 0.6) is 0 Å². The van der Waals surface area contributed by atoms with Gasteiger partial charge in [-0.3, -0.25) is 0 Å². The van der Waals surface area contributed by atoms with Crippen LogP contribution in [0.15, 0.2) is 53.4 Å². The highest BCUT2D eigenvalue weighted by atomic mass is 32.2. The highest BCUT2D eigenvalue weighted by molar-refractivity contribution is 7.89. The lowest BCUT2D eigenvalue weighted by Gasteiger charge is -2.26. The van der Waals surface area contributed by atoms with E-state index in [1.807, 2.05) is 24.3 Å². The molecule has 1 aliphatic rings. The summed E-state index contributed by atoms with van der Waals surface area (Å²) in [6, 6.07) is 12.9. The Kier molecular flexibility index (Phi) is 3.78. The maximum Gasteiger partial charge on any atom is 0.244 e. The molecule has 0 aliphatic heterocycles. The molecule has 0 spiro atoms. The first-order valence-electron chi connectivity index (χ1n) is 6.92. The van der Waals surface area contributed by atoms with Crippen LogP contribution >= 0.6 is 0 Å². The van der Waals surface area contributed by atoms with Gasteiger partial charge in [-0.2, -0.15) is 0 Å². The zero-order chi connectivity index (χ0) is 14.9. The Balaban J connectivity index is 1.93. The molecule has 3 rings (SSSR count). The maximum atomic E-state index is 13.7. The Morgan fingerprint density at radius 2 is 1.76 bits per heavy atom. The largest absolute Gasteiger partial charge is 0.244 e. The average molecular weight is 305 g/mol. The van der Waals surface area contributed by atoms with Crippen LogP contribution in [0.1, 0.15) is 30.0 Å². The van der Waals surface area contributed by atoms with Gasteiger partial charge in [-0.05, 0) is 42.5 Å². The maximum absolute atomic E-state index is 13.7. The van der Waals surface area contributed by atoms with Gasteiger partial charge in [0.1, 0.15) is 10.7 Å². The first-order valence-corrected chi connectivity index (χ1v) is 8.41. The van der Waals surface area contributed by atoms with Gasteiger partial charge in [0.25, 0.3) is 0 Å². The molecule has 0 heterocycles. The quantitative estimate of drug-likeness (QED) is 0.946. The number of aryl methyl sites for hydroxylation is 1. The lowest BCUT2D eigenvalue weighted by molar-refractivity contribution is 0.501. The molecule has 0 amide bonds. The van der Waals surface area contributed by atoms with Crippen molar-refractivity contribution < 1.29 is 12.8 Å². The third kappa shape index (κ3) is 2.84. The summed E-state index contributed by atoms with van der Waals surface area (Å²) in [6.45, 7) is 0. The third-order valence-corrected chi connectivity index (χ3v) is 5.30. The fourth-order valence-electron chi connectivity index (χ4n) is 2.79. The van der Waals surface area contributed by atoms with E-state index in [4.69, 9.17) is 0 Å². The van der Waals surface area contributed by atoms with E-state index >= 15 is 0 Å². The zero-order valence-electron chi connectivity index (χ0n) is 11.4. The van der Waals surface area contributed by atoms with Crippen molar-refractivity contribution in [2.75, 3.05) is 0 Å². The number of sulfonamides is 1. The fraction of sp³-hybridized carbons (Fsp3) is 0.250. The topological polar surface area (TPSA) is 46.2 Å². The normalized spacial score (nSPS) is 18.2. The molecule has 2 aromatic rings. The number of rotatable bonds is 3. The van der Waals surface area contributed by atoms with E-state index in [9.17, 15) is 12.8 Å². The molecule has 21 heavy (non-hydrogen) atoms. The Hall–Kier alpha value is -1.72. The predicted molar refractivity (Wildman–Crippen MR) is 78.8 cm³/mol. The van der Waals surface area contributed by atoms with Gasteiger partial charge >= 0.3 is 0 Å². The summed E-state index contributed by atoms with van der Waals surface area (Å²) in [7, 11) is -3.86. The molecule has 1 atom stereocenters. The Labute approximate surface area is 123 Å². The van der Waals surface area contributed by atoms with E-state index in [-0.39, 0.29) is 10.9 Å². The van der Waals surface area contributed by atoms with E-state index in [1.165, 1.54) is 18.2 Å². The highest BCUT2D eigenvalue weighted by Crippen LogP contribution is 2.31. The van der Waals surface area contributed by atoms with E-state index in [0.717, 1.165) is 36.5 Å². The second kappa shape index (κ2) is 5.58. The van der Waals surface area contributed by atoms with E-state index in [0.29, 0.717) is 0 Å². The van der Waals surface area contributed by atoms with Crippen molar-refractivity contribution in [3.8, 4) is 0 Å². The van der Waals surface area contributed by atoms with Gasteiger partial charge in [-0.1, -0.05) is 36.4 Å². The van der Waals surface area contributed by atoms with Gasteiger partial charge in [0, 0.05) is 6.04 Å². The van der Waals surface area contributed by atoms with Crippen molar-refractivity contribution in [2.45, 2.75) is 30.2 Å². The molecule has 0 fully saturated rings. The molecule has 1 N–H and O–H groups in total. The molecule has 0 saturated carbocycles. The zero-order valence-corrected chi connectivity index (χ0v) is 12.2. The van der Waals surface area contributed by atoms with Crippen LogP contribution in [0.3, 0.4) is 0 Å². The lowest BCUT2D eigenvalue weighted by atomic mass is 9.88. The van der Waals surface area contributed by atoms with Gasteiger partial charge in [0.05, 0.1) is 0 Å². The summed E-state index contributed by atoms with van der Waals surface area (Å²) in [5, 5.41) is 0. The highest BCUT2D eigenvalue weighted by Gasteiger charge is 2.26. The van der Waals surface area contributed by atoms with Crippen LogP contribution in [0.4, 0.5) is 4.39 Å². The van der Waals surface area contributed by atoms with Crippen LogP contribution in [-0.2, 0) is 16.4 Å². The minimum Gasteiger partial charge on any atom is -0.207 e. The first kappa shape index (κ1) is 14.2. The molecule has 5 heteroatoms. The van der Waals surface area contributed by atoms with E-state index < -0.39 is 15.8 Å². The number of nitrogens with one attached hydrogen (secondary N) is 1. The van der Waals surface area contributed by atoms with Crippen LogP contribution in [0.2, 0.25) is 0 Å². The van der Waals surface area contributed by atoms with Crippen molar-refractivity contribution in [3.05, 3.63) is 65.5 Å². The second-order valence-electron chi connectivity index (χ2n) is 5.20. The van der Waals surface area contributed by atoms with Gasteiger partial charge in [0.15, 0.2) is 0 Å². The van der Waals surface area contributed by atoms with Gasteiger partial charge in [-0.15, -0.1) is 0 Å². The number of hydrogen-bond acceptors (Lipinski definition) is 2. The van der Waals surface area contributed by atoms with Crippen molar-refractivity contribution in [3.63, 3.8) is 0 Å². The summed E-state index contributed by atoms with van der Waals surface area (Å²) in [5.41, 5.74) is 2.15. The molecular formula is C16H16FNO2S. The number of benzene rings is 2. The number of hydrogen-bond donors (Lipinski definition) is 1. The summed E-state index contributed by atoms with van der Waals surface area (Å²) in [6.07, 6.45) is 2.60. The summed E-state index contributed by atoms with van der Waals surface area (Å²) in [5.74, 6) is -0.728. The van der Waals surface area contributed by atoms with Crippen LogP contribution in [0.25, 0.3) is 0 Å².